The number of rotatable bonds is 7. The van der Waals surface area contributed by atoms with E-state index in [1.165, 1.54) is 33.6 Å². The van der Waals surface area contributed by atoms with Gasteiger partial charge in [-0.1, -0.05) is 0 Å². The molecule has 0 saturated carbocycles. The Morgan fingerprint density at radius 3 is 1.26 bits per heavy atom. The van der Waals surface area contributed by atoms with Gasteiger partial charge in [-0.15, -0.1) is 0 Å². The molecule has 2 atom stereocenters. The van der Waals surface area contributed by atoms with Gasteiger partial charge in [0.15, 0.2) is 0 Å². The van der Waals surface area contributed by atoms with Crippen LogP contribution in [-0.4, -0.2) is 49.4 Å². The Morgan fingerprint density at radius 2 is 0.974 bits per heavy atom. The summed E-state index contributed by atoms with van der Waals surface area (Å²) in [7, 11) is 7.77. The SMILES string of the molecule is CC1CC(C)[O][Po]([Cl])([CH]2N(c3c(C(C)C)cccc3C(C)C)CCN2c2c(C(C)C)cccc2C(C)C)[O]1. The summed E-state index contributed by atoms with van der Waals surface area (Å²) in [6, 6.07) is 13.7. The number of hydrogen-bond acceptors (Lipinski definition) is 4. The van der Waals surface area contributed by atoms with Crippen LogP contribution in [0.5, 0.6) is 0 Å². The number of halogens is 1. The average Bonchev–Trinajstić information content (AvgIpc) is 3.27. The molecule has 2 aliphatic heterocycles. The van der Waals surface area contributed by atoms with E-state index in [2.05, 4.69) is 115 Å². The number of para-hydroxylation sites is 2. The van der Waals surface area contributed by atoms with Crippen LogP contribution in [0.1, 0.15) is 122 Å². The van der Waals surface area contributed by atoms with Crippen molar-refractivity contribution in [2.45, 2.75) is 115 Å². The molecule has 212 valence electrons. The summed E-state index contributed by atoms with van der Waals surface area (Å²) in [5, 5.41) is 0. The first-order chi connectivity index (χ1) is 17.9. The molecule has 2 aliphatic rings. The second-order valence-corrected chi connectivity index (χ2v) is 23.0. The Kier molecular flexibility index (Phi) is 9.46. The molecule has 4 nitrogen and oxygen atoms in total. The van der Waals surface area contributed by atoms with E-state index in [9.17, 15) is 0 Å². The predicted octanol–water partition coefficient (Wildman–Crippen LogP) is 8.76. The number of hydrogen-bond donors (Lipinski definition) is 0. The average molecular weight is 738 g/mol. The van der Waals surface area contributed by atoms with Crippen molar-refractivity contribution in [3.8, 4) is 0 Å². The first-order valence-corrected chi connectivity index (χ1v) is 22.9. The summed E-state index contributed by atoms with van der Waals surface area (Å²) >= 11 is -4.19. The molecule has 0 bridgehead atoms. The zero-order chi connectivity index (χ0) is 27.9. The first kappa shape index (κ1) is 30.1. The Hall–Kier alpha value is -0.854. The van der Waals surface area contributed by atoms with Gasteiger partial charge in [0.25, 0.3) is 0 Å². The second-order valence-electron chi connectivity index (χ2n) is 12.4. The fourth-order valence-electron chi connectivity index (χ4n) is 6.16. The molecule has 2 unspecified atom stereocenters. The molecule has 2 heterocycles. The van der Waals surface area contributed by atoms with Crippen molar-refractivity contribution in [1.82, 2.24) is 0 Å². The maximum absolute atomic E-state index is 7.77. The minimum atomic E-state index is -4.19. The van der Waals surface area contributed by atoms with Crippen molar-refractivity contribution >= 4 is 40.1 Å². The zero-order valence-corrected chi connectivity index (χ0v) is 29.1. The van der Waals surface area contributed by atoms with Crippen molar-refractivity contribution in [3.63, 3.8) is 0 Å². The van der Waals surface area contributed by atoms with Crippen LogP contribution in [0.15, 0.2) is 36.4 Å². The van der Waals surface area contributed by atoms with Crippen LogP contribution < -0.4 is 9.80 Å². The molecular weight excluding hydrogens is 689 g/mol. The van der Waals surface area contributed by atoms with Crippen LogP contribution >= 0.6 is 8.45 Å². The number of benzene rings is 2. The van der Waals surface area contributed by atoms with E-state index in [0.717, 1.165) is 19.5 Å². The third kappa shape index (κ3) is 5.79. The van der Waals surface area contributed by atoms with E-state index in [1.54, 1.807) is 0 Å². The molecule has 2 saturated heterocycles. The monoisotopic (exact) mass is 737 g/mol. The predicted molar refractivity (Wildman–Crippen MR) is 165 cm³/mol. The summed E-state index contributed by atoms with van der Waals surface area (Å²) in [5.74, 6) is 1.61. The third-order valence-corrected chi connectivity index (χ3v) is 19.1. The molecule has 2 aromatic carbocycles. The van der Waals surface area contributed by atoms with Crippen molar-refractivity contribution < 1.29 is 5.54 Å². The van der Waals surface area contributed by atoms with Crippen molar-refractivity contribution in [3.05, 3.63) is 58.7 Å². The van der Waals surface area contributed by atoms with E-state index < -0.39 is 20.3 Å². The summed E-state index contributed by atoms with van der Waals surface area (Å²) in [4.78, 5) is 5.19. The molecule has 2 aromatic rings. The van der Waals surface area contributed by atoms with Gasteiger partial charge in [0.2, 0.25) is 0 Å². The maximum atomic E-state index is 7.77. The van der Waals surface area contributed by atoms with Gasteiger partial charge in [0.1, 0.15) is 0 Å². The van der Waals surface area contributed by atoms with E-state index in [-0.39, 0.29) is 16.0 Å². The van der Waals surface area contributed by atoms with E-state index in [0.29, 0.717) is 23.7 Å². The third-order valence-electron chi connectivity index (χ3n) is 7.88. The van der Waals surface area contributed by atoms with Crippen LogP contribution in [0.25, 0.3) is 0 Å². The van der Waals surface area contributed by atoms with Crippen LogP contribution in [-0.2, 0) is 5.54 Å². The first-order valence-electron chi connectivity index (χ1n) is 14.5. The molecule has 0 spiro atoms. The van der Waals surface area contributed by atoms with Gasteiger partial charge < -0.3 is 0 Å². The normalized spacial score (nSPS) is 26.7. The Bertz CT molecular complexity index is 985. The van der Waals surface area contributed by atoms with Gasteiger partial charge in [0.05, 0.1) is 0 Å². The fourth-order valence-corrected chi connectivity index (χ4v) is 19.1. The Labute approximate surface area is 241 Å². The van der Waals surface area contributed by atoms with E-state index in [4.69, 9.17) is 14.0 Å². The van der Waals surface area contributed by atoms with E-state index >= 15 is 0 Å². The molecule has 0 amide bonds. The molecule has 0 aromatic heterocycles. The van der Waals surface area contributed by atoms with Gasteiger partial charge in [-0.2, -0.15) is 0 Å². The topological polar surface area (TPSA) is 24.9 Å². The van der Waals surface area contributed by atoms with Crippen LogP contribution in [0.4, 0.5) is 11.4 Å². The summed E-state index contributed by atoms with van der Waals surface area (Å²) in [5.41, 5.74) is 8.21. The van der Waals surface area contributed by atoms with Gasteiger partial charge in [-0.05, 0) is 0 Å². The summed E-state index contributed by atoms with van der Waals surface area (Å²) in [6.45, 7) is 24.5. The Morgan fingerprint density at radius 1 is 0.658 bits per heavy atom. The Balaban J connectivity index is 1.98. The van der Waals surface area contributed by atoms with Gasteiger partial charge in [-0.25, -0.2) is 0 Å². The van der Waals surface area contributed by atoms with Crippen molar-refractivity contribution in [1.29, 1.82) is 0 Å². The molecule has 6 heteroatoms. The van der Waals surface area contributed by atoms with Gasteiger partial charge in [-0.3, -0.25) is 0 Å². The molecule has 0 aliphatic carbocycles. The quantitative estimate of drug-likeness (QED) is 0.284. The van der Waals surface area contributed by atoms with Crippen LogP contribution in [0.2, 0.25) is 0 Å². The minimum absolute atomic E-state index is 0.102. The zero-order valence-electron chi connectivity index (χ0n) is 25.1. The molecule has 4 rings (SSSR count). The van der Waals surface area contributed by atoms with E-state index in [1.807, 2.05) is 0 Å². The summed E-state index contributed by atoms with van der Waals surface area (Å²) in [6.07, 6.45) is 1.09. The van der Waals surface area contributed by atoms with Crippen LogP contribution in [0.3, 0.4) is 0 Å². The molecule has 0 radical (unpaired) electrons. The standard InChI is InChI=1S/C27H39N2.C5H10O2.ClH.Po/c1-18(2)22-11-9-12-23(19(3)4)26(22)28-15-16-29(17-28)27-24(20(5)6)13-10-14-25(27)21(7)8;1-4(6)3-5(2)7;;/h9-14,17-21H,15-16H2,1-8H3;4-5H,3H2,1-2H3;1H;/q;-2;;+3/p-1. The number of nitrogens with zero attached hydrogens (tertiary/aromatic N) is 2. The molecular formula is C32H49ClN2O2Po. The summed E-state index contributed by atoms with van der Waals surface area (Å²) < 4.78 is 13.5. The number of anilines is 2. The van der Waals surface area contributed by atoms with Gasteiger partial charge in [0, 0.05) is 0 Å². The molecule has 0 N–H and O–H groups in total. The second kappa shape index (κ2) is 11.9. The van der Waals surface area contributed by atoms with Crippen LogP contribution in [0, 0.1) is 0 Å². The molecule has 2 fully saturated rings. The van der Waals surface area contributed by atoms with Crippen molar-refractivity contribution in [2.24, 2.45) is 0 Å². The van der Waals surface area contributed by atoms with Crippen molar-refractivity contribution in [2.75, 3.05) is 22.9 Å². The molecule has 38 heavy (non-hydrogen) atoms. The van der Waals surface area contributed by atoms with Gasteiger partial charge >= 0.3 is 243 Å². The fraction of sp³-hybridized carbons (Fsp3) is 0.625.